The van der Waals surface area contributed by atoms with Crippen LogP contribution in [0.4, 0.5) is 0 Å². The lowest BCUT2D eigenvalue weighted by molar-refractivity contribution is -0.143. The van der Waals surface area contributed by atoms with Crippen LogP contribution in [0.15, 0.2) is 0 Å². The number of nitrogens with one attached hydrogen (secondary N) is 1. The maximum absolute atomic E-state index is 10.7. The number of carboxylic acid groups (broad SMARTS) is 1. The van der Waals surface area contributed by atoms with Crippen LogP contribution in [0, 0.1) is 0 Å². The summed E-state index contributed by atoms with van der Waals surface area (Å²) in [5.41, 5.74) is -0.825. The van der Waals surface area contributed by atoms with Crippen LogP contribution in [0.5, 0.6) is 0 Å². The zero-order valence-corrected chi connectivity index (χ0v) is 8.92. The minimum absolute atomic E-state index is 0.698. The van der Waals surface area contributed by atoms with Crippen LogP contribution in [-0.4, -0.2) is 48.2 Å². The summed E-state index contributed by atoms with van der Waals surface area (Å²) in [6.07, 6.45) is 0. The van der Waals surface area contributed by atoms with Crippen molar-refractivity contribution in [1.82, 2.24) is 10.2 Å². The third-order valence-corrected chi connectivity index (χ3v) is 2.13. The van der Waals surface area contributed by atoms with Gasteiger partial charge in [-0.1, -0.05) is 6.92 Å². The molecule has 13 heavy (non-hydrogen) atoms. The summed E-state index contributed by atoms with van der Waals surface area (Å²) >= 11 is 0. The second kappa shape index (κ2) is 5.19. The van der Waals surface area contributed by atoms with Crippen molar-refractivity contribution in [3.8, 4) is 0 Å². The van der Waals surface area contributed by atoms with Crippen molar-refractivity contribution in [3.05, 3.63) is 0 Å². The Morgan fingerprint density at radius 3 is 2.46 bits per heavy atom. The minimum atomic E-state index is -0.825. The molecule has 4 heteroatoms. The van der Waals surface area contributed by atoms with Gasteiger partial charge in [0.2, 0.25) is 0 Å². The van der Waals surface area contributed by atoms with E-state index < -0.39 is 11.5 Å². The van der Waals surface area contributed by atoms with E-state index in [9.17, 15) is 4.79 Å². The first-order chi connectivity index (χ1) is 5.90. The third-order valence-electron chi connectivity index (χ3n) is 2.13. The fraction of sp³-hybridized carbons (Fsp3) is 0.889. The standard InChI is InChI=1S/C9H20N2O2/c1-5-11(4)7-6-10-9(2,3)8(12)13/h10H,5-7H2,1-4H3,(H,12,13). The zero-order valence-electron chi connectivity index (χ0n) is 8.92. The maximum atomic E-state index is 10.7. The van der Waals surface area contributed by atoms with Crippen LogP contribution in [0.2, 0.25) is 0 Å². The number of hydrogen-bond acceptors (Lipinski definition) is 3. The Balaban J connectivity index is 3.70. The Kier molecular flexibility index (Phi) is 4.95. The van der Waals surface area contributed by atoms with Crippen molar-refractivity contribution in [2.45, 2.75) is 26.3 Å². The molecule has 0 aliphatic heterocycles. The van der Waals surface area contributed by atoms with Gasteiger partial charge in [-0.15, -0.1) is 0 Å². The first-order valence-electron chi connectivity index (χ1n) is 4.57. The Morgan fingerprint density at radius 1 is 1.54 bits per heavy atom. The van der Waals surface area contributed by atoms with Crippen molar-refractivity contribution >= 4 is 5.97 Å². The van der Waals surface area contributed by atoms with Gasteiger partial charge in [-0.05, 0) is 27.4 Å². The van der Waals surface area contributed by atoms with Gasteiger partial charge < -0.3 is 15.3 Å². The van der Waals surface area contributed by atoms with Crippen LogP contribution in [-0.2, 0) is 4.79 Å². The molecule has 0 aromatic heterocycles. The fourth-order valence-electron chi connectivity index (χ4n) is 0.793. The van der Waals surface area contributed by atoms with Crippen molar-refractivity contribution in [1.29, 1.82) is 0 Å². The van der Waals surface area contributed by atoms with Crippen LogP contribution >= 0.6 is 0 Å². The summed E-state index contributed by atoms with van der Waals surface area (Å²) in [6, 6.07) is 0. The van der Waals surface area contributed by atoms with E-state index in [4.69, 9.17) is 5.11 Å². The lowest BCUT2D eigenvalue weighted by atomic mass is 10.1. The molecule has 78 valence electrons. The normalized spacial score (nSPS) is 12.1. The van der Waals surface area contributed by atoms with Crippen molar-refractivity contribution < 1.29 is 9.90 Å². The van der Waals surface area contributed by atoms with Gasteiger partial charge in [0.1, 0.15) is 5.54 Å². The average molecular weight is 188 g/mol. The zero-order chi connectivity index (χ0) is 10.5. The van der Waals surface area contributed by atoms with Crippen molar-refractivity contribution in [3.63, 3.8) is 0 Å². The molecule has 0 aliphatic rings. The maximum Gasteiger partial charge on any atom is 0.323 e. The molecule has 0 amide bonds. The first kappa shape index (κ1) is 12.4. The molecule has 2 N–H and O–H groups in total. The summed E-state index contributed by atoms with van der Waals surface area (Å²) in [5, 5.41) is 11.8. The Labute approximate surface area is 79.9 Å². The molecule has 0 fully saturated rings. The predicted molar refractivity (Wildman–Crippen MR) is 52.9 cm³/mol. The fourth-order valence-corrected chi connectivity index (χ4v) is 0.793. The van der Waals surface area contributed by atoms with Gasteiger partial charge in [0.05, 0.1) is 0 Å². The number of hydrogen-bond donors (Lipinski definition) is 2. The molecule has 0 bridgehead atoms. The summed E-state index contributed by atoms with van der Waals surface area (Å²) in [4.78, 5) is 12.8. The Bertz CT molecular complexity index is 169. The van der Waals surface area contributed by atoms with E-state index in [0.29, 0.717) is 6.54 Å². The Hall–Kier alpha value is -0.610. The number of carbonyl (C=O) groups is 1. The van der Waals surface area contributed by atoms with Gasteiger partial charge in [-0.3, -0.25) is 4.79 Å². The molecule has 0 spiro atoms. The van der Waals surface area contributed by atoms with E-state index in [1.165, 1.54) is 0 Å². The molecular weight excluding hydrogens is 168 g/mol. The summed E-state index contributed by atoms with van der Waals surface area (Å²) in [6.45, 7) is 7.96. The van der Waals surface area contributed by atoms with Crippen LogP contribution in [0.1, 0.15) is 20.8 Å². The van der Waals surface area contributed by atoms with Gasteiger partial charge in [0.25, 0.3) is 0 Å². The molecule has 0 radical (unpaired) electrons. The van der Waals surface area contributed by atoms with Gasteiger partial charge >= 0.3 is 5.97 Å². The van der Waals surface area contributed by atoms with E-state index >= 15 is 0 Å². The first-order valence-corrected chi connectivity index (χ1v) is 4.57. The average Bonchev–Trinajstić information content (AvgIpc) is 2.03. The molecule has 0 aliphatic carbocycles. The molecule has 0 aromatic carbocycles. The van der Waals surface area contributed by atoms with Crippen LogP contribution in [0.3, 0.4) is 0 Å². The number of aliphatic carboxylic acids is 1. The monoisotopic (exact) mass is 188 g/mol. The Morgan fingerprint density at radius 2 is 2.08 bits per heavy atom. The smallest absolute Gasteiger partial charge is 0.323 e. The van der Waals surface area contributed by atoms with E-state index in [2.05, 4.69) is 17.1 Å². The van der Waals surface area contributed by atoms with Crippen molar-refractivity contribution in [2.24, 2.45) is 0 Å². The topological polar surface area (TPSA) is 52.6 Å². The van der Waals surface area contributed by atoms with Crippen molar-refractivity contribution in [2.75, 3.05) is 26.7 Å². The van der Waals surface area contributed by atoms with E-state index in [1.54, 1.807) is 13.8 Å². The highest BCUT2D eigenvalue weighted by molar-refractivity contribution is 5.77. The minimum Gasteiger partial charge on any atom is -0.480 e. The predicted octanol–water partition coefficient (Wildman–Crippen LogP) is 0.391. The highest BCUT2D eigenvalue weighted by Crippen LogP contribution is 2.00. The summed E-state index contributed by atoms with van der Waals surface area (Å²) in [5.74, 6) is -0.813. The highest BCUT2D eigenvalue weighted by atomic mass is 16.4. The molecule has 0 saturated heterocycles. The molecule has 0 atom stereocenters. The number of likely N-dealkylation sites (N-methyl/N-ethyl adjacent to an activating group) is 1. The second-order valence-electron chi connectivity index (χ2n) is 3.75. The largest absolute Gasteiger partial charge is 0.480 e. The third kappa shape index (κ3) is 4.85. The van der Waals surface area contributed by atoms with E-state index in [1.807, 2.05) is 7.05 Å². The molecular formula is C9H20N2O2. The molecule has 4 nitrogen and oxygen atoms in total. The number of rotatable bonds is 6. The summed E-state index contributed by atoms with van der Waals surface area (Å²) < 4.78 is 0. The van der Waals surface area contributed by atoms with Gasteiger partial charge in [-0.2, -0.15) is 0 Å². The lowest BCUT2D eigenvalue weighted by Gasteiger charge is -2.23. The second-order valence-corrected chi connectivity index (χ2v) is 3.75. The molecule has 0 aromatic rings. The van der Waals surface area contributed by atoms with Gasteiger partial charge in [0, 0.05) is 13.1 Å². The van der Waals surface area contributed by atoms with E-state index in [0.717, 1.165) is 13.1 Å². The molecule has 0 unspecified atom stereocenters. The quantitative estimate of drug-likeness (QED) is 0.633. The van der Waals surface area contributed by atoms with Gasteiger partial charge in [-0.25, -0.2) is 0 Å². The lowest BCUT2D eigenvalue weighted by Crippen LogP contribution is -2.48. The van der Waals surface area contributed by atoms with Crippen LogP contribution in [0.25, 0.3) is 0 Å². The molecule has 0 heterocycles. The highest BCUT2D eigenvalue weighted by Gasteiger charge is 2.25. The van der Waals surface area contributed by atoms with Crippen LogP contribution < -0.4 is 5.32 Å². The molecule has 0 rings (SSSR count). The van der Waals surface area contributed by atoms with E-state index in [-0.39, 0.29) is 0 Å². The summed E-state index contributed by atoms with van der Waals surface area (Å²) in [7, 11) is 2.01. The van der Waals surface area contributed by atoms with Gasteiger partial charge in [0.15, 0.2) is 0 Å². The number of nitrogens with zero attached hydrogens (tertiary/aromatic N) is 1. The molecule has 0 saturated carbocycles. The number of carboxylic acids is 1. The SMILES string of the molecule is CCN(C)CCNC(C)(C)C(=O)O.